The Morgan fingerprint density at radius 2 is 1.97 bits per heavy atom. The maximum Gasteiger partial charge on any atom is 0.303 e. The summed E-state index contributed by atoms with van der Waals surface area (Å²) in [7, 11) is 0. The maximum atomic E-state index is 12.1. The van der Waals surface area contributed by atoms with E-state index in [1.807, 2.05) is 23.1 Å². The van der Waals surface area contributed by atoms with Crippen molar-refractivity contribution in [1.29, 1.82) is 0 Å². The molecule has 1 aliphatic rings. The number of hydrogen-bond donors (Lipinski definition) is 2. The molecule has 1 fully saturated rings. The van der Waals surface area contributed by atoms with Crippen molar-refractivity contribution in [3.05, 3.63) is 48.0 Å². The summed E-state index contributed by atoms with van der Waals surface area (Å²) in [6, 6.07) is 10.6. The number of aliphatic carboxylic acids is 1. The first-order valence-corrected chi connectivity index (χ1v) is 12.2. The molecular weight excluding hydrogens is 398 g/mol. The zero-order valence-electron chi connectivity index (χ0n) is 17.7. The van der Waals surface area contributed by atoms with Crippen LogP contribution < -0.4 is 0 Å². The number of thioether (sulfide) groups is 1. The Balaban J connectivity index is 1.60. The van der Waals surface area contributed by atoms with E-state index in [1.165, 1.54) is 5.56 Å². The van der Waals surface area contributed by atoms with Crippen molar-refractivity contribution in [2.45, 2.75) is 69.9 Å². The largest absolute Gasteiger partial charge is 0.481 e. The molecule has 30 heavy (non-hydrogen) atoms. The average Bonchev–Trinajstić information content (AvgIpc) is 3.09. The van der Waals surface area contributed by atoms with Crippen molar-refractivity contribution in [2.75, 3.05) is 18.1 Å². The Kier molecular flexibility index (Phi) is 11.6. The van der Waals surface area contributed by atoms with Crippen molar-refractivity contribution in [3.63, 3.8) is 0 Å². The van der Waals surface area contributed by atoms with Gasteiger partial charge in [0.15, 0.2) is 0 Å². The molecule has 1 amide bonds. The zero-order chi connectivity index (χ0) is 21.6. The zero-order valence-corrected chi connectivity index (χ0v) is 18.6. The Labute approximate surface area is 184 Å². The molecule has 5 nitrogen and oxygen atoms in total. The van der Waals surface area contributed by atoms with Crippen LogP contribution in [-0.2, 0) is 16.0 Å². The molecule has 0 unspecified atom stereocenters. The van der Waals surface area contributed by atoms with E-state index in [2.05, 4.69) is 24.3 Å². The summed E-state index contributed by atoms with van der Waals surface area (Å²) in [5.74, 6) is 1.04. The van der Waals surface area contributed by atoms with Crippen molar-refractivity contribution in [3.8, 4) is 0 Å². The first kappa shape index (κ1) is 24.5. The highest BCUT2D eigenvalue weighted by molar-refractivity contribution is 7.99. The smallest absolute Gasteiger partial charge is 0.303 e. The number of likely N-dealkylation sites (tertiary alicyclic amines) is 1. The summed E-state index contributed by atoms with van der Waals surface area (Å²) in [5.41, 5.74) is 1.36. The molecule has 166 valence electrons. The molecule has 0 bridgehead atoms. The molecule has 1 saturated heterocycles. The van der Waals surface area contributed by atoms with Crippen LogP contribution in [0.4, 0.5) is 0 Å². The Morgan fingerprint density at radius 1 is 1.17 bits per heavy atom. The van der Waals surface area contributed by atoms with Crippen LogP contribution in [0, 0.1) is 0 Å². The van der Waals surface area contributed by atoms with Crippen molar-refractivity contribution in [1.82, 2.24) is 4.90 Å². The van der Waals surface area contributed by atoms with Gasteiger partial charge in [-0.3, -0.25) is 9.59 Å². The standard InChI is InChI=1S/C24H35NO4S/c26-22(11-6-2-5-10-20-8-3-1-4-9-20)15-13-21-14-16-23(27)25(21)17-19-30-18-7-12-24(28)29/h1,3-4,8-9,13,15,21-22,26H,2,5-7,10-12,14,16-19H2,(H,28,29)/b15-13+/t21-,22+/m0/s1. The fourth-order valence-electron chi connectivity index (χ4n) is 3.69. The van der Waals surface area contributed by atoms with Gasteiger partial charge in [0.05, 0.1) is 12.1 Å². The average molecular weight is 434 g/mol. The van der Waals surface area contributed by atoms with Crippen molar-refractivity contribution >= 4 is 23.6 Å². The number of hydrogen-bond acceptors (Lipinski definition) is 4. The van der Waals surface area contributed by atoms with Crippen LogP contribution in [0.2, 0.25) is 0 Å². The second-order valence-corrected chi connectivity index (χ2v) is 9.06. The Bertz CT molecular complexity index is 664. The van der Waals surface area contributed by atoms with Gasteiger partial charge in [-0.25, -0.2) is 0 Å². The van der Waals surface area contributed by atoms with Gasteiger partial charge in [0.2, 0.25) is 5.91 Å². The lowest BCUT2D eigenvalue weighted by Gasteiger charge is -2.22. The summed E-state index contributed by atoms with van der Waals surface area (Å²) in [6.07, 6.45) is 10.7. The molecule has 1 aliphatic heterocycles. The Hall–Kier alpha value is -1.79. The highest BCUT2D eigenvalue weighted by Gasteiger charge is 2.28. The highest BCUT2D eigenvalue weighted by Crippen LogP contribution is 2.21. The third-order valence-electron chi connectivity index (χ3n) is 5.39. The van der Waals surface area contributed by atoms with Gasteiger partial charge in [-0.15, -0.1) is 0 Å². The third-order valence-corrected chi connectivity index (χ3v) is 6.44. The highest BCUT2D eigenvalue weighted by atomic mass is 32.2. The molecule has 1 aromatic carbocycles. The van der Waals surface area contributed by atoms with E-state index in [4.69, 9.17) is 5.11 Å². The van der Waals surface area contributed by atoms with Crippen LogP contribution in [0.25, 0.3) is 0 Å². The van der Waals surface area contributed by atoms with Crippen LogP contribution in [0.5, 0.6) is 0 Å². The summed E-state index contributed by atoms with van der Waals surface area (Å²) in [6.45, 7) is 0.682. The molecule has 1 heterocycles. The van der Waals surface area contributed by atoms with Crippen molar-refractivity contribution < 1.29 is 19.8 Å². The van der Waals surface area contributed by atoms with Gasteiger partial charge >= 0.3 is 5.97 Å². The summed E-state index contributed by atoms with van der Waals surface area (Å²) in [5, 5.41) is 18.9. The van der Waals surface area contributed by atoms with E-state index in [1.54, 1.807) is 11.8 Å². The fraction of sp³-hybridized carbons (Fsp3) is 0.583. The number of aryl methyl sites for hydroxylation is 1. The molecule has 0 aromatic heterocycles. The van der Waals surface area contributed by atoms with Gasteiger partial charge in [-0.1, -0.05) is 55.3 Å². The van der Waals surface area contributed by atoms with E-state index in [-0.39, 0.29) is 18.4 Å². The van der Waals surface area contributed by atoms with Gasteiger partial charge in [-0.05, 0) is 43.4 Å². The first-order chi connectivity index (χ1) is 14.6. The minimum absolute atomic E-state index is 0.0739. The number of carbonyl (C=O) groups excluding carboxylic acids is 1. The minimum atomic E-state index is -0.759. The number of carboxylic acid groups (broad SMARTS) is 1. The lowest BCUT2D eigenvalue weighted by molar-refractivity contribution is -0.137. The number of carboxylic acids is 1. The number of aliphatic hydroxyl groups excluding tert-OH is 1. The van der Waals surface area contributed by atoms with Gasteiger partial charge in [0.1, 0.15) is 0 Å². The number of aliphatic hydroxyl groups is 1. The predicted octanol–water partition coefficient (Wildman–Crippen LogP) is 4.30. The van der Waals surface area contributed by atoms with Gasteiger partial charge in [0.25, 0.3) is 0 Å². The summed E-state index contributed by atoms with van der Waals surface area (Å²) in [4.78, 5) is 24.6. The molecule has 0 aliphatic carbocycles. The molecular formula is C24H35NO4S. The number of carbonyl (C=O) groups is 2. The van der Waals surface area contributed by atoms with E-state index in [9.17, 15) is 14.7 Å². The van der Waals surface area contributed by atoms with Crippen molar-refractivity contribution in [2.24, 2.45) is 0 Å². The number of amides is 1. The summed E-state index contributed by atoms with van der Waals surface area (Å²) < 4.78 is 0. The normalized spacial score (nSPS) is 17.7. The molecule has 0 radical (unpaired) electrons. The van der Waals surface area contributed by atoms with Gasteiger partial charge in [0, 0.05) is 25.1 Å². The van der Waals surface area contributed by atoms with Crippen LogP contribution in [0.15, 0.2) is 42.5 Å². The molecule has 0 saturated carbocycles. The monoisotopic (exact) mass is 433 g/mol. The minimum Gasteiger partial charge on any atom is -0.481 e. The lowest BCUT2D eigenvalue weighted by Crippen LogP contribution is -2.34. The lowest BCUT2D eigenvalue weighted by atomic mass is 10.0. The molecule has 0 spiro atoms. The first-order valence-electron chi connectivity index (χ1n) is 11.1. The van der Waals surface area contributed by atoms with E-state index >= 15 is 0 Å². The topological polar surface area (TPSA) is 77.8 Å². The molecule has 2 rings (SSSR count). The van der Waals surface area contributed by atoms with E-state index in [0.717, 1.165) is 50.0 Å². The number of benzene rings is 1. The third kappa shape index (κ3) is 9.81. The molecule has 6 heteroatoms. The fourth-order valence-corrected chi connectivity index (χ4v) is 4.57. The molecule has 1 aromatic rings. The number of nitrogens with zero attached hydrogens (tertiary/aromatic N) is 1. The van der Waals surface area contributed by atoms with Crippen LogP contribution in [0.1, 0.15) is 56.9 Å². The SMILES string of the molecule is O=C(O)CCCSCCN1C(=O)CC[C@@H]1/C=C/[C@H](O)CCCCCc1ccccc1. The summed E-state index contributed by atoms with van der Waals surface area (Å²) >= 11 is 1.69. The van der Waals surface area contributed by atoms with Crippen LogP contribution >= 0.6 is 11.8 Å². The van der Waals surface area contributed by atoms with Crippen LogP contribution in [-0.4, -0.2) is 57.2 Å². The second-order valence-electron chi connectivity index (χ2n) is 7.84. The van der Waals surface area contributed by atoms with Crippen LogP contribution in [0.3, 0.4) is 0 Å². The number of rotatable bonds is 15. The van der Waals surface area contributed by atoms with Gasteiger partial charge in [-0.2, -0.15) is 11.8 Å². The number of unbranched alkanes of at least 4 members (excludes halogenated alkanes) is 2. The van der Waals surface area contributed by atoms with E-state index in [0.29, 0.717) is 19.4 Å². The second kappa shape index (κ2) is 14.3. The maximum absolute atomic E-state index is 12.1. The molecule has 2 atom stereocenters. The van der Waals surface area contributed by atoms with Gasteiger partial charge < -0.3 is 15.1 Å². The quantitative estimate of drug-likeness (QED) is 0.319. The Morgan fingerprint density at radius 3 is 2.73 bits per heavy atom. The molecule has 2 N–H and O–H groups in total. The van der Waals surface area contributed by atoms with E-state index < -0.39 is 12.1 Å². The predicted molar refractivity (Wildman–Crippen MR) is 123 cm³/mol.